The third kappa shape index (κ3) is 2.91. The summed E-state index contributed by atoms with van der Waals surface area (Å²) in [5, 5.41) is 11.6. The van der Waals surface area contributed by atoms with Crippen LogP contribution < -0.4 is 5.32 Å². The topological polar surface area (TPSA) is 69.6 Å². The number of nitrogens with zero attached hydrogens (tertiary/aromatic N) is 1. The molecule has 1 aromatic rings. The van der Waals surface area contributed by atoms with Crippen LogP contribution in [-0.2, 0) is 4.79 Å². The molecular formula is C13H13Cl2FN2O3. The van der Waals surface area contributed by atoms with Gasteiger partial charge in [-0.3, -0.25) is 0 Å². The smallest absolute Gasteiger partial charge is 0.329 e. The first-order chi connectivity index (χ1) is 9.75. The van der Waals surface area contributed by atoms with Gasteiger partial charge in [0.2, 0.25) is 0 Å². The maximum absolute atomic E-state index is 13.1. The molecule has 0 spiro atoms. The number of amides is 2. The number of urea groups is 1. The van der Waals surface area contributed by atoms with E-state index in [1.165, 1.54) is 11.8 Å². The Bertz CT molecular complexity index is 588. The molecule has 2 rings (SSSR count). The normalized spacial score (nSPS) is 21.4. The predicted octanol–water partition coefficient (Wildman–Crippen LogP) is 3.60. The molecule has 1 atom stereocenters. The van der Waals surface area contributed by atoms with Gasteiger partial charge in [-0.05, 0) is 31.9 Å². The summed E-state index contributed by atoms with van der Waals surface area (Å²) in [4.78, 5) is 24.8. The molecule has 0 aromatic heterocycles. The minimum atomic E-state index is -1.27. The van der Waals surface area contributed by atoms with Crippen molar-refractivity contribution in [3.63, 3.8) is 0 Å². The zero-order valence-corrected chi connectivity index (χ0v) is 12.6. The number of carboxylic acid groups (broad SMARTS) is 1. The number of carbonyl (C=O) groups is 2. The van der Waals surface area contributed by atoms with Crippen LogP contribution in [0.5, 0.6) is 0 Å². The van der Waals surface area contributed by atoms with Crippen molar-refractivity contribution < 1.29 is 19.1 Å². The second kappa shape index (κ2) is 5.69. The third-order valence-electron chi connectivity index (χ3n) is 3.59. The number of aliphatic carboxylic acids is 1. The summed E-state index contributed by atoms with van der Waals surface area (Å²) in [5.41, 5.74) is -1.22. The maximum atomic E-state index is 13.1. The number of nitrogens with one attached hydrogen (secondary N) is 1. The van der Waals surface area contributed by atoms with Crippen LogP contribution in [0.15, 0.2) is 12.1 Å². The van der Waals surface area contributed by atoms with Crippen LogP contribution in [0.1, 0.15) is 19.8 Å². The minimum absolute atomic E-state index is 0.0513. The van der Waals surface area contributed by atoms with E-state index in [1.807, 2.05) is 0 Å². The second-order valence-electron chi connectivity index (χ2n) is 5.01. The zero-order valence-electron chi connectivity index (χ0n) is 11.1. The summed E-state index contributed by atoms with van der Waals surface area (Å²) in [7, 11) is 0. The molecule has 21 heavy (non-hydrogen) atoms. The van der Waals surface area contributed by atoms with Crippen molar-refractivity contribution in [1.82, 2.24) is 4.90 Å². The number of carbonyl (C=O) groups excluding carboxylic acids is 1. The number of hydrogen-bond acceptors (Lipinski definition) is 2. The summed E-state index contributed by atoms with van der Waals surface area (Å²) >= 11 is 11.7. The minimum Gasteiger partial charge on any atom is -0.480 e. The van der Waals surface area contributed by atoms with Crippen molar-refractivity contribution in [3.05, 3.63) is 28.0 Å². The van der Waals surface area contributed by atoms with Gasteiger partial charge in [0.25, 0.3) is 0 Å². The molecule has 1 heterocycles. The van der Waals surface area contributed by atoms with Crippen molar-refractivity contribution in [1.29, 1.82) is 0 Å². The van der Waals surface area contributed by atoms with Crippen LogP contribution in [-0.4, -0.2) is 34.1 Å². The zero-order chi connectivity index (χ0) is 15.8. The Balaban J connectivity index is 2.25. The van der Waals surface area contributed by atoms with Crippen LogP contribution in [0.25, 0.3) is 0 Å². The molecule has 0 aliphatic carbocycles. The molecule has 8 heteroatoms. The van der Waals surface area contributed by atoms with E-state index in [4.69, 9.17) is 23.2 Å². The highest BCUT2D eigenvalue weighted by Gasteiger charge is 2.46. The quantitative estimate of drug-likeness (QED) is 0.868. The number of halogens is 3. The van der Waals surface area contributed by atoms with Gasteiger partial charge in [-0.25, -0.2) is 14.0 Å². The Kier molecular flexibility index (Phi) is 4.30. The fourth-order valence-electron chi connectivity index (χ4n) is 2.35. The molecule has 1 aromatic carbocycles. The Morgan fingerprint density at radius 1 is 1.38 bits per heavy atom. The van der Waals surface area contributed by atoms with Gasteiger partial charge in [0.1, 0.15) is 11.4 Å². The largest absolute Gasteiger partial charge is 0.480 e. The van der Waals surface area contributed by atoms with Crippen LogP contribution in [0.4, 0.5) is 14.9 Å². The first-order valence-corrected chi connectivity index (χ1v) is 6.98. The lowest BCUT2D eigenvalue weighted by Crippen LogP contribution is -2.52. The van der Waals surface area contributed by atoms with Crippen LogP contribution in [0, 0.1) is 5.82 Å². The van der Waals surface area contributed by atoms with Gasteiger partial charge >= 0.3 is 12.0 Å². The summed E-state index contributed by atoms with van der Waals surface area (Å²) in [5.74, 6) is -1.70. The Hall–Kier alpha value is -1.53. The fraction of sp³-hybridized carbons (Fsp3) is 0.385. The van der Waals surface area contributed by atoms with Gasteiger partial charge in [-0.15, -0.1) is 0 Å². The lowest BCUT2D eigenvalue weighted by atomic mass is 10.00. The molecule has 2 amide bonds. The van der Waals surface area contributed by atoms with Crippen molar-refractivity contribution in [2.75, 3.05) is 11.9 Å². The summed E-state index contributed by atoms with van der Waals surface area (Å²) in [6.07, 6.45) is 0.946. The van der Waals surface area contributed by atoms with Crippen LogP contribution >= 0.6 is 23.2 Å². The number of likely N-dealkylation sites (tertiary alicyclic amines) is 1. The van der Waals surface area contributed by atoms with Crippen molar-refractivity contribution >= 4 is 40.9 Å². The number of benzene rings is 1. The molecule has 0 bridgehead atoms. The average molecular weight is 335 g/mol. The summed E-state index contributed by atoms with van der Waals surface area (Å²) < 4.78 is 13.1. The maximum Gasteiger partial charge on any atom is 0.329 e. The predicted molar refractivity (Wildman–Crippen MR) is 77.4 cm³/mol. The SMILES string of the molecule is CC1(C(=O)O)CCCN1C(=O)Nc1c(Cl)cc(F)cc1Cl. The van der Waals surface area contributed by atoms with Gasteiger partial charge in [0.15, 0.2) is 0 Å². The molecule has 5 nitrogen and oxygen atoms in total. The van der Waals surface area contributed by atoms with Gasteiger partial charge in [-0.1, -0.05) is 23.2 Å². The first kappa shape index (κ1) is 15.9. The van der Waals surface area contributed by atoms with E-state index in [9.17, 15) is 19.1 Å². The van der Waals surface area contributed by atoms with Crippen LogP contribution in [0.3, 0.4) is 0 Å². The van der Waals surface area contributed by atoms with E-state index in [0.717, 1.165) is 12.1 Å². The highest BCUT2D eigenvalue weighted by Crippen LogP contribution is 2.34. The summed E-state index contributed by atoms with van der Waals surface area (Å²) in [6.45, 7) is 1.79. The lowest BCUT2D eigenvalue weighted by Gasteiger charge is -2.31. The van der Waals surface area contributed by atoms with E-state index in [0.29, 0.717) is 19.4 Å². The van der Waals surface area contributed by atoms with E-state index < -0.39 is 23.4 Å². The highest BCUT2D eigenvalue weighted by atomic mass is 35.5. The Morgan fingerprint density at radius 3 is 2.48 bits per heavy atom. The molecule has 1 aliphatic rings. The van der Waals surface area contributed by atoms with Gasteiger partial charge in [0, 0.05) is 6.54 Å². The molecule has 1 saturated heterocycles. The fourth-order valence-corrected chi connectivity index (χ4v) is 2.90. The average Bonchev–Trinajstić information content (AvgIpc) is 2.77. The number of anilines is 1. The Morgan fingerprint density at radius 2 is 1.95 bits per heavy atom. The van der Waals surface area contributed by atoms with Gasteiger partial charge in [0.05, 0.1) is 15.7 Å². The van der Waals surface area contributed by atoms with E-state index in [2.05, 4.69) is 5.32 Å². The van der Waals surface area contributed by atoms with E-state index in [-0.39, 0.29) is 15.7 Å². The van der Waals surface area contributed by atoms with Crippen molar-refractivity contribution in [3.8, 4) is 0 Å². The number of rotatable bonds is 2. The van der Waals surface area contributed by atoms with Crippen molar-refractivity contribution in [2.24, 2.45) is 0 Å². The molecule has 0 saturated carbocycles. The molecular weight excluding hydrogens is 322 g/mol. The van der Waals surface area contributed by atoms with Crippen LogP contribution in [0.2, 0.25) is 10.0 Å². The molecule has 1 unspecified atom stereocenters. The molecule has 1 fully saturated rings. The summed E-state index contributed by atoms with van der Waals surface area (Å²) in [6, 6.07) is 1.40. The van der Waals surface area contributed by atoms with E-state index in [1.54, 1.807) is 0 Å². The standard InChI is InChI=1S/C13H13Cl2FN2O3/c1-13(11(19)20)3-2-4-18(13)12(21)17-10-8(14)5-7(16)6-9(10)15/h5-6H,2-4H2,1H3,(H,17,21)(H,19,20). The molecule has 1 aliphatic heterocycles. The second-order valence-corrected chi connectivity index (χ2v) is 5.82. The molecule has 0 radical (unpaired) electrons. The molecule has 114 valence electrons. The monoisotopic (exact) mass is 334 g/mol. The van der Waals surface area contributed by atoms with Crippen molar-refractivity contribution in [2.45, 2.75) is 25.3 Å². The number of carboxylic acids is 1. The molecule has 2 N–H and O–H groups in total. The van der Waals surface area contributed by atoms with E-state index >= 15 is 0 Å². The third-order valence-corrected chi connectivity index (χ3v) is 4.18. The Labute approximate surface area is 130 Å². The lowest BCUT2D eigenvalue weighted by molar-refractivity contribution is -0.146. The number of hydrogen-bond donors (Lipinski definition) is 2. The highest BCUT2D eigenvalue weighted by molar-refractivity contribution is 6.39. The first-order valence-electron chi connectivity index (χ1n) is 6.22. The van der Waals surface area contributed by atoms with Gasteiger partial charge < -0.3 is 15.3 Å². The van der Waals surface area contributed by atoms with Gasteiger partial charge in [-0.2, -0.15) is 0 Å².